The van der Waals surface area contributed by atoms with E-state index in [1.165, 1.54) is 0 Å². The van der Waals surface area contributed by atoms with Crippen LogP contribution in [0.15, 0.2) is 12.1 Å². The van der Waals surface area contributed by atoms with Gasteiger partial charge in [-0.25, -0.2) is 0 Å². The van der Waals surface area contributed by atoms with Crippen LogP contribution in [0.3, 0.4) is 0 Å². The van der Waals surface area contributed by atoms with Crippen LogP contribution >= 0.6 is 0 Å². The third-order valence-corrected chi connectivity index (χ3v) is 3.26. The van der Waals surface area contributed by atoms with E-state index in [4.69, 9.17) is 4.74 Å². The minimum absolute atomic E-state index is 0.888. The third kappa shape index (κ3) is 3.17. The number of aryl methyl sites for hydroxylation is 1. The summed E-state index contributed by atoms with van der Waals surface area (Å²) in [5.74, 6) is 0.898. The summed E-state index contributed by atoms with van der Waals surface area (Å²) in [6.07, 6.45) is 0. The zero-order chi connectivity index (χ0) is 12.3. The van der Waals surface area contributed by atoms with Gasteiger partial charge >= 0.3 is 0 Å². The number of pyridine rings is 1. The Labute approximate surface area is 103 Å². The summed E-state index contributed by atoms with van der Waals surface area (Å²) in [6, 6.07) is 4.00. The minimum atomic E-state index is 0.888. The maximum atomic E-state index is 5.36. The zero-order valence-corrected chi connectivity index (χ0v) is 10.9. The van der Waals surface area contributed by atoms with Gasteiger partial charge < -0.3 is 9.64 Å². The normalized spacial score (nSPS) is 18.3. The van der Waals surface area contributed by atoms with Crippen LogP contribution in [-0.4, -0.2) is 55.1 Å². The van der Waals surface area contributed by atoms with Crippen LogP contribution in [0, 0.1) is 6.92 Å². The predicted octanol–water partition coefficient (Wildman–Crippen LogP) is 1.15. The van der Waals surface area contributed by atoms with E-state index >= 15 is 0 Å². The van der Waals surface area contributed by atoms with Crippen LogP contribution in [-0.2, 0) is 6.54 Å². The predicted molar refractivity (Wildman–Crippen MR) is 68.3 cm³/mol. The van der Waals surface area contributed by atoms with Crippen LogP contribution in [0.1, 0.15) is 11.4 Å². The number of nitrogens with zero attached hydrogens (tertiary/aromatic N) is 3. The molecule has 94 valence electrons. The number of ether oxygens (including phenoxy) is 1. The molecule has 17 heavy (non-hydrogen) atoms. The Morgan fingerprint density at radius 2 is 1.94 bits per heavy atom. The lowest BCUT2D eigenvalue weighted by molar-refractivity contribution is 0.145. The highest BCUT2D eigenvalue weighted by Gasteiger charge is 2.16. The molecule has 0 spiro atoms. The van der Waals surface area contributed by atoms with Crippen molar-refractivity contribution in [2.24, 2.45) is 0 Å². The van der Waals surface area contributed by atoms with Crippen molar-refractivity contribution >= 4 is 0 Å². The summed E-state index contributed by atoms with van der Waals surface area (Å²) >= 11 is 0. The second-order valence-corrected chi connectivity index (χ2v) is 4.68. The van der Waals surface area contributed by atoms with E-state index in [-0.39, 0.29) is 0 Å². The molecular formula is C13H21N3O. The van der Waals surface area contributed by atoms with Crippen molar-refractivity contribution in [3.05, 3.63) is 23.5 Å². The van der Waals surface area contributed by atoms with E-state index in [9.17, 15) is 0 Å². The van der Waals surface area contributed by atoms with Crippen molar-refractivity contribution in [1.82, 2.24) is 14.8 Å². The molecule has 0 atom stereocenters. The molecule has 0 bridgehead atoms. The van der Waals surface area contributed by atoms with Gasteiger partial charge in [-0.2, -0.15) is 0 Å². The number of aromatic nitrogens is 1. The van der Waals surface area contributed by atoms with Crippen LogP contribution in [0.25, 0.3) is 0 Å². The van der Waals surface area contributed by atoms with Crippen LogP contribution in [0.5, 0.6) is 5.75 Å². The van der Waals surface area contributed by atoms with Crippen LogP contribution in [0.4, 0.5) is 0 Å². The van der Waals surface area contributed by atoms with Gasteiger partial charge in [0.25, 0.3) is 0 Å². The van der Waals surface area contributed by atoms with Crippen molar-refractivity contribution in [2.45, 2.75) is 13.5 Å². The Hall–Kier alpha value is -1.13. The van der Waals surface area contributed by atoms with Crippen molar-refractivity contribution in [3.8, 4) is 5.75 Å². The van der Waals surface area contributed by atoms with Gasteiger partial charge in [0, 0.05) is 38.4 Å². The summed E-state index contributed by atoms with van der Waals surface area (Å²) in [7, 11) is 3.88. The number of hydrogen-bond acceptors (Lipinski definition) is 4. The van der Waals surface area contributed by atoms with E-state index in [1.54, 1.807) is 7.11 Å². The fourth-order valence-corrected chi connectivity index (χ4v) is 2.11. The fraction of sp³-hybridized carbons (Fsp3) is 0.615. The molecule has 1 saturated heterocycles. The maximum Gasteiger partial charge on any atom is 0.141 e. The average Bonchev–Trinajstić information content (AvgIpc) is 2.32. The first-order valence-electron chi connectivity index (χ1n) is 6.10. The summed E-state index contributed by atoms with van der Waals surface area (Å²) in [5, 5.41) is 0. The molecule has 1 aliphatic heterocycles. The Kier molecular flexibility index (Phi) is 3.97. The van der Waals surface area contributed by atoms with Crippen molar-refractivity contribution < 1.29 is 4.74 Å². The van der Waals surface area contributed by atoms with E-state index < -0.39 is 0 Å². The Balaban J connectivity index is 2.04. The molecule has 2 rings (SSSR count). The van der Waals surface area contributed by atoms with Crippen molar-refractivity contribution in [3.63, 3.8) is 0 Å². The topological polar surface area (TPSA) is 28.6 Å². The highest BCUT2D eigenvalue weighted by atomic mass is 16.5. The smallest absolute Gasteiger partial charge is 0.141 e. The van der Waals surface area contributed by atoms with Crippen LogP contribution in [0.2, 0.25) is 0 Å². The molecule has 4 nitrogen and oxygen atoms in total. The van der Waals surface area contributed by atoms with Crippen LogP contribution < -0.4 is 4.74 Å². The summed E-state index contributed by atoms with van der Waals surface area (Å²) < 4.78 is 5.36. The third-order valence-electron chi connectivity index (χ3n) is 3.26. The first-order valence-corrected chi connectivity index (χ1v) is 6.10. The Morgan fingerprint density at radius 1 is 1.24 bits per heavy atom. The number of methoxy groups -OCH3 is 1. The fourth-order valence-electron chi connectivity index (χ4n) is 2.11. The molecule has 1 fully saturated rings. The Morgan fingerprint density at radius 3 is 2.59 bits per heavy atom. The number of likely N-dealkylation sites (N-methyl/N-ethyl adjacent to an activating group) is 1. The number of piperazine rings is 1. The van der Waals surface area contributed by atoms with Gasteiger partial charge in [0.2, 0.25) is 0 Å². The van der Waals surface area contributed by atoms with Gasteiger partial charge in [-0.15, -0.1) is 0 Å². The van der Waals surface area contributed by atoms with Crippen molar-refractivity contribution in [2.75, 3.05) is 40.3 Å². The zero-order valence-electron chi connectivity index (χ0n) is 10.9. The van der Waals surface area contributed by atoms with E-state index in [1.807, 2.05) is 19.1 Å². The highest BCUT2D eigenvalue weighted by molar-refractivity contribution is 5.29. The SMILES string of the molecule is COc1ccc(C)nc1CN1CCN(C)CC1. The second-order valence-electron chi connectivity index (χ2n) is 4.68. The standard InChI is InChI=1S/C13H21N3O/c1-11-4-5-13(17-3)12(14-11)10-16-8-6-15(2)7-9-16/h4-5H,6-10H2,1-3H3. The lowest BCUT2D eigenvalue weighted by Crippen LogP contribution is -2.44. The monoisotopic (exact) mass is 235 g/mol. The average molecular weight is 235 g/mol. The minimum Gasteiger partial charge on any atom is -0.495 e. The maximum absolute atomic E-state index is 5.36. The lowest BCUT2D eigenvalue weighted by Gasteiger charge is -2.32. The molecule has 0 N–H and O–H groups in total. The van der Waals surface area contributed by atoms with Gasteiger partial charge in [-0.3, -0.25) is 9.88 Å². The van der Waals surface area contributed by atoms with E-state index in [0.29, 0.717) is 0 Å². The number of rotatable bonds is 3. The molecule has 0 saturated carbocycles. The quantitative estimate of drug-likeness (QED) is 0.785. The molecule has 0 unspecified atom stereocenters. The lowest BCUT2D eigenvalue weighted by atomic mass is 10.2. The molecule has 2 heterocycles. The van der Waals surface area contributed by atoms with E-state index in [0.717, 1.165) is 49.9 Å². The van der Waals surface area contributed by atoms with Gasteiger partial charge in [0.05, 0.1) is 12.8 Å². The molecule has 0 amide bonds. The second kappa shape index (κ2) is 5.47. The molecule has 0 aromatic carbocycles. The van der Waals surface area contributed by atoms with Crippen molar-refractivity contribution in [1.29, 1.82) is 0 Å². The van der Waals surface area contributed by atoms with Gasteiger partial charge in [-0.05, 0) is 26.1 Å². The number of hydrogen-bond donors (Lipinski definition) is 0. The highest BCUT2D eigenvalue weighted by Crippen LogP contribution is 2.18. The molecular weight excluding hydrogens is 214 g/mol. The first kappa shape index (κ1) is 12.3. The molecule has 1 aliphatic rings. The molecule has 1 aromatic rings. The van der Waals surface area contributed by atoms with Gasteiger partial charge in [0.15, 0.2) is 0 Å². The summed E-state index contributed by atoms with van der Waals surface area (Å²) in [4.78, 5) is 9.37. The van der Waals surface area contributed by atoms with Gasteiger partial charge in [-0.1, -0.05) is 0 Å². The first-order chi connectivity index (χ1) is 8.19. The summed E-state index contributed by atoms with van der Waals surface area (Å²) in [5.41, 5.74) is 2.10. The molecule has 0 aliphatic carbocycles. The molecule has 0 radical (unpaired) electrons. The van der Waals surface area contributed by atoms with Gasteiger partial charge in [0.1, 0.15) is 5.75 Å². The summed E-state index contributed by atoms with van der Waals surface area (Å²) in [6.45, 7) is 7.39. The van der Waals surface area contributed by atoms with E-state index in [2.05, 4.69) is 21.8 Å². The molecule has 4 heteroatoms. The Bertz CT molecular complexity index is 373. The largest absolute Gasteiger partial charge is 0.495 e. The molecule has 1 aromatic heterocycles.